The zero-order valence-corrected chi connectivity index (χ0v) is 26.9. The van der Waals surface area contributed by atoms with Gasteiger partial charge in [0.1, 0.15) is 6.10 Å². The van der Waals surface area contributed by atoms with Gasteiger partial charge in [-0.2, -0.15) is 6.41 Å². The summed E-state index contributed by atoms with van der Waals surface area (Å²) in [4.78, 5) is 27.2. The number of benzene rings is 1. The molecule has 2 amide bonds. The standard InChI is InChI=1S/C15H21N3O5.C3H8.Fm.K.H3N2.Y/c1-11(21)12-4-6-13(7-5-12)18-15(22)14(3-2-8-19)23-17-9-16-10-20;1-3-2;;;1-2;/h4-7,11,14,19,21H,2-3,8-9H2,1H3,(H,16,20)(H,18,22);3H2,1-2H3;;;1H,2H2;/q-2;;;+1;-1;. The first-order chi connectivity index (χ1) is 13.5. The summed E-state index contributed by atoms with van der Waals surface area (Å²) in [5.74, 6) is 8.59. The van der Waals surface area contributed by atoms with Crippen molar-refractivity contribution in [1.82, 2.24) is 5.32 Å². The minimum absolute atomic E-state index is 0. The number of nitrogens with two attached hydrogens (primary N) is 1. The molecular weight excluding hydrogens is 751 g/mol. The van der Waals surface area contributed by atoms with E-state index < -0.39 is 18.1 Å². The van der Waals surface area contributed by atoms with E-state index in [-0.39, 0.29) is 104 Å². The van der Waals surface area contributed by atoms with E-state index in [0.717, 1.165) is 5.56 Å². The maximum Gasteiger partial charge on any atom is 1.00 e. The number of hydroxylamine groups is 1. The van der Waals surface area contributed by atoms with E-state index in [1.807, 2.05) is 0 Å². The van der Waals surface area contributed by atoms with Gasteiger partial charge in [0.2, 0.25) is 0 Å². The van der Waals surface area contributed by atoms with Gasteiger partial charge in [-0.15, -0.1) is 0 Å². The van der Waals surface area contributed by atoms with Gasteiger partial charge < -0.3 is 47.6 Å². The summed E-state index contributed by atoms with van der Waals surface area (Å²) in [5.41, 5.74) is 4.86. The fraction of sp³-hybridized carbons (Fsp3) is 0.556. The Balaban J connectivity index is -0.000000258. The average Bonchev–Trinajstić information content (AvgIpc) is 2.70. The molecule has 177 valence electrons. The zero-order chi connectivity index (χ0) is 21.8. The van der Waals surface area contributed by atoms with Gasteiger partial charge in [-0.05, 0) is 37.5 Å². The molecule has 0 aliphatic rings. The minimum Gasteiger partial charge on any atom is -0.615 e. The number of aliphatic hydroxyl groups is 2. The predicted octanol–water partition coefficient (Wildman–Crippen LogP) is -0.931. The van der Waals surface area contributed by atoms with Crippen LogP contribution in [0.5, 0.6) is 0 Å². The van der Waals surface area contributed by atoms with Crippen molar-refractivity contribution in [3.8, 4) is 0 Å². The normalized spacial score (nSPS) is 10.5. The third-order valence-corrected chi connectivity index (χ3v) is 3.00. The van der Waals surface area contributed by atoms with Crippen molar-refractivity contribution < 1.29 is 109 Å². The molecule has 2 unspecified atom stereocenters. The molecular formula is C18H32FmKN5O5Y-2. The van der Waals surface area contributed by atoms with E-state index in [0.29, 0.717) is 12.1 Å². The Hall–Kier alpha value is -0.340. The van der Waals surface area contributed by atoms with Crippen molar-refractivity contribution in [2.45, 2.75) is 52.2 Å². The van der Waals surface area contributed by atoms with Gasteiger partial charge in [-0.25, -0.2) is 0 Å². The monoisotopic (exact) mass is 783 g/mol. The van der Waals surface area contributed by atoms with E-state index in [1.54, 1.807) is 31.2 Å². The van der Waals surface area contributed by atoms with Crippen LogP contribution in [-0.2, 0) is 47.1 Å². The molecule has 0 spiro atoms. The second-order valence-electron chi connectivity index (χ2n) is 5.52. The molecule has 0 aliphatic heterocycles. The minimum atomic E-state index is -0.882. The molecule has 0 aliphatic carbocycles. The third kappa shape index (κ3) is 22.6. The zero-order valence-electron chi connectivity index (χ0n) is 18.5. The number of hydrogen-bond donors (Lipinski definition) is 5. The van der Waals surface area contributed by atoms with Gasteiger partial charge in [-0.3, -0.25) is 4.79 Å². The molecule has 1 aromatic rings. The summed E-state index contributed by atoms with van der Waals surface area (Å²) in [5, 5.41) is 23.2. The number of hydrogen-bond acceptors (Lipinski definition) is 6. The van der Waals surface area contributed by atoms with Gasteiger partial charge >= 0.3 is 51.4 Å². The van der Waals surface area contributed by atoms with E-state index in [4.69, 9.17) is 15.8 Å². The van der Waals surface area contributed by atoms with Crippen LogP contribution in [-0.4, -0.2) is 41.9 Å². The quantitative estimate of drug-likeness (QED) is 0.0485. The number of aliphatic hydroxyl groups excluding tert-OH is 2. The fourth-order valence-electron chi connectivity index (χ4n) is 1.77. The Bertz CT molecular complexity index is 519. The van der Waals surface area contributed by atoms with Crippen LogP contribution in [0, 0.1) is 0 Å². The summed E-state index contributed by atoms with van der Waals surface area (Å²) in [6.07, 6.45) is 1.88. The van der Waals surface area contributed by atoms with Crippen LogP contribution < -0.4 is 67.9 Å². The van der Waals surface area contributed by atoms with Crippen LogP contribution >= 0.6 is 0 Å². The number of nitrogens with zero attached hydrogens (tertiary/aromatic N) is 1. The van der Waals surface area contributed by atoms with Crippen molar-refractivity contribution in [3.63, 3.8) is 0 Å². The molecule has 7 N–H and O–H groups in total. The second kappa shape index (κ2) is 29.7. The first-order valence-electron chi connectivity index (χ1n) is 8.91. The molecule has 0 bridgehead atoms. The topological polar surface area (TPSA) is 172 Å². The Kier molecular flexibility index (Phi) is 39.2. The van der Waals surface area contributed by atoms with Crippen LogP contribution in [0.25, 0.3) is 11.3 Å². The van der Waals surface area contributed by atoms with Crippen LogP contribution in [0.15, 0.2) is 24.3 Å². The largest absolute Gasteiger partial charge is 1.00 e. The first-order valence-corrected chi connectivity index (χ1v) is 8.91. The molecule has 0 heterocycles. The fourth-order valence-corrected chi connectivity index (χ4v) is 1.77. The maximum atomic E-state index is 12.2. The molecule has 1 radical (unpaired) electrons. The van der Waals surface area contributed by atoms with Crippen molar-refractivity contribution in [2.24, 2.45) is 5.84 Å². The van der Waals surface area contributed by atoms with E-state index in [9.17, 15) is 14.7 Å². The summed E-state index contributed by atoms with van der Waals surface area (Å²) in [6, 6.07) is 6.75. The number of amides is 2. The van der Waals surface area contributed by atoms with Gasteiger partial charge in [0.25, 0.3) is 5.91 Å². The number of carbonyl (C=O) groups is 1. The number of anilines is 1. The smallest absolute Gasteiger partial charge is 0.615 e. The van der Waals surface area contributed by atoms with Crippen LogP contribution in [0.2, 0.25) is 0 Å². The number of nitrogens with one attached hydrogen (secondary N) is 3. The second-order valence-corrected chi connectivity index (χ2v) is 5.52. The molecule has 31 heavy (non-hydrogen) atoms. The molecule has 1 aromatic carbocycles. The van der Waals surface area contributed by atoms with Crippen LogP contribution in [0.1, 0.15) is 51.7 Å². The molecule has 0 fully saturated rings. The summed E-state index contributed by atoms with van der Waals surface area (Å²) in [7, 11) is 0. The van der Waals surface area contributed by atoms with Crippen molar-refractivity contribution >= 4 is 18.0 Å². The predicted molar refractivity (Wildman–Crippen MR) is 108 cm³/mol. The molecule has 1 rings (SSSR count). The van der Waals surface area contributed by atoms with Crippen molar-refractivity contribution in [3.05, 3.63) is 41.2 Å². The van der Waals surface area contributed by atoms with E-state index in [2.05, 4.69) is 35.8 Å². The Morgan fingerprint density at radius 1 is 1.29 bits per heavy atom. The Labute approximate surface area is 246 Å². The van der Waals surface area contributed by atoms with Crippen LogP contribution in [0.3, 0.4) is 0 Å². The number of rotatable bonds is 11. The Morgan fingerprint density at radius 2 is 1.81 bits per heavy atom. The van der Waals surface area contributed by atoms with E-state index >= 15 is 0 Å². The maximum absolute atomic E-state index is 12.2. The molecule has 0 saturated heterocycles. The van der Waals surface area contributed by atoms with Crippen molar-refractivity contribution in [2.75, 3.05) is 18.6 Å². The summed E-state index contributed by atoms with van der Waals surface area (Å²) in [6.45, 7) is 5.71. The summed E-state index contributed by atoms with van der Waals surface area (Å²) < 4.78 is 0. The SMILES string of the molecule is CC(O)c1ccc(NC(=O)C(CCCO)O[N-]CN[C-]=O)cc1.CCC.[Fm].[K+].[NH-]N.[Y]. The van der Waals surface area contributed by atoms with Crippen molar-refractivity contribution in [1.29, 1.82) is 0 Å². The summed E-state index contributed by atoms with van der Waals surface area (Å²) >= 11 is 0. The molecule has 10 nitrogen and oxygen atoms in total. The van der Waals surface area contributed by atoms with Gasteiger partial charge in [0.15, 0.2) is 0 Å². The molecule has 0 aromatic heterocycles. The first kappa shape index (κ1) is 41.0. The van der Waals surface area contributed by atoms with Gasteiger partial charge in [0.05, 0.1) is 6.10 Å². The van der Waals surface area contributed by atoms with Crippen LogP contribution in [0.4, 0.5) is 5.69 Å². The third-order valence-electron chi connectivity index (χ3n) is 3.00. The molecule has 0 saturated carbocycles. The Morgan fingerprint density at radius 3 is 2.23 bits per heavy atom. The number of carbonyl (C=O) groups excluding carboxylic acids is 2. The van der Waals surface area contributed by atoms with Gasteiger partial charge in [0, 0.05) is 45.0 Å². The average molecular weight is 783 g/mol. The molecule has 2 atom stereocenters. The molecule has 13 heteroatoms. The van der Waals surface area contributed by atoms with E-state index in [1.165, 1.54) is 12.8 Å². The van der Waals surface area contributed by atoms with Gasteiger partial charge in [-0.1, -0.05) is 39.1 Å².